The monoisotopic (exact) mass is 142 g/mol. The van der Waals surface area contributed by atoms with Gasteiger partial charge in [-0.15, -0.1) is 0 Å². The maximum absolute atomic E-state index is 10.4. The average Bonchev–Trinajstić information content (AvgIpc) is 1.89. The summed E-state index contributed by atoms with van der Waals surface area (Å²) in [6, 6.07) is 0. The van der Waals surface area contributed by atoms with Gasteiger partial charge in [0.2, 0.25) is 0 Å². The number of hydrogen-bond donors (Lipinski definition) is 2. The molecule has 0 fully saturated rings. The number of hydroxylamine groups is 1. The molecule has 0 saturated heterocycles. The van der Waals surface area contributed by atoms with E-state index < -0.39 is 5.97 Å². The lowest BCUT2D eigenvalue weighted by Crippen LogP contribution is -2.12. The van der Waals surface area contributed by atoms with Crippen molar-refractivity contribution < 1.29 is 9.63 Å². The molecule has 0 aromatic heterocycles. The van der Waals surface area contributed by atoms with Crippen molar-refractivity contribution in [2.75, 3.05) is 13.6 Å². The minimum absolute atomic E-state index is 0.458. The number of hydrogen-bond acceptors (Lipinski definition) is 4. The Kier molecular flexibility index (Phi) is 5.44. The summed E-state index contributed by atoms with van der Waals surface area (Å²) in [6.45, 7) is 0.458. The minimum atomic E-state index is -0.587. The SMILES string of the molecule is CNOC(=O)C#CCCN. The zero-order valence-electron chi connectivity index (χ0n) is 5.81. The summed E-state index contributed by atoms with van der Waals surface area (Å²) in [7, 11) is 1.49. The van der Waals surface area contributed by atoms with Crippen molar-refractivity contribution in [3.05, 3.63) is 0 Å². The molecule has 0 aliphatic heterocycles. The third-order valence-corrected chi connectivity index (χ3v) is 0.655. The summed E-state index contributed by atoms with van der Waals surface area (Å²) in [5.74, 6) is 4.17. The molecule has 0 aromatic rings. The van der Waals surface area contributed by atoms with E-state index in [4.69, 9.17) is 5.73 Å². The molecule has 0 bridgehead atoms. The van der Waals surface area contributed by atoms with E-state index in [1.54, 1.807) is 0 Å². The molecule has 0 aromatic carbocycles. The molecule has 4 nitrogen and oxygen atoms in total. The van der Waals surface area contributed by atoms with Gasteiger partial charge >= 0.3 is 5.97 Å². The van der Waals surface area contributed by atoms with Gasteiger partial charge in [0, 0.05) is 25.9 Å². The van der Waals surface area contributed by atoms with Gasteiger partial charge in [0.15, 0.2) is 0 Å². The van der Waals surface area contributed by atoms with E-state index in [1.807, 2.05) is 0 Å². The number of nitrogens with one attached hydrogen (secondary N) is 1. The number of nitrogens with two attached hydrogens (primary N) is 1. The highest BCUT2D eigenvalue weighted by Gasteiger charge is 1.90. The Hall–Kier alpha value is -1.05. The average molecular weight is 142 g/mol. The molecular weight excluding hydrogens is 132 g/mol. The standard InChI is InChI=1S/C6H10N2O2/c1-8-10-6(9)4-2-3-5-7/h8H,3,5,7H2,1H3. The van der Waals surface area contributed by atoms with Crippen LogP contribution in [0.5, 0.6) is 0 Å². The molecule has 3 N–H and O–H groups in total. The first kappa shape index (κ1) is 8.95. The molecule has 0 atom stereocenters. The topological polar surface area (TPSA) is 64.3 Å². The van der Waals surface area contributed by atoms with Crippen LogP contribution in [-0.2, 0) is 9.63 Å². The van der Waals surface area contributed by atoms with Crippen molar-refractivity contribution in [2.24, 2.45) is 5.73 Å². The van der Waals surface area contributed by atoms with Gasteiger partial charge in [0.05, 0.1) is 0 Å². The lowest BCUT2D eigenvalue weighted by atomic mass is 10.4. The second-order valence-electron chi connectivity index (χ2n) is 1.43. The maximum atomic E-state index is 10.4. The van der Waals surface area contributed by atoms with Gasteiger partial charge in [-0.3, -0.25) is 0 Å². The first-order chi connectivity index (χ1) is 4.81. The van der Waals surface area contributed by atoms with Crippen LogP contribution in [-0.4, -0.2) is 19.6 Å². The highest BCUT2D eigenvalue weighted by atomic mass is 16.7. The molecule has 10 heavy (non-hydrogen) atoms. The fraction of sp³-hybridized carbons (Fsp3) is 0.500. The Morgan fingerprint density at radius 1 is 1.80 bits per heavy atom. The van der Waals surface area contributed by atoms with Crippen molar-refractivity contribution >= 4 is 5.97 Å². The van der Waals surface area contributed by atoms with Gasteiger partial charge in [0.1, 0.15) is 0 Å². The second-order valence-corrected chi connectivity index (χ2v) is 1.43. The Balaban J connectivity index is 3.48. The van der Waals surface area contributed by atoms with E-state index in [-0.39, 0.29) is 0 Å². The minimum Gasteiger partial charge on any atom is -0.361 e. The smallest absolute Gasteiger partial charge is 0.361 e. The summed E-state index contributed by atoms with van der Waals surface area (Å²) in [4.78, 5) is 14.7. The van der Waals surface area contributed by atoms with Crippen LogP contribution in [0.15, 0.2) is 0 Å². The van der Waals surface area contributed by atoms with Crippen molar-refractivity contribution in [3.63, 3.8) is 0 Å². The number of rotatable bonds is 2. The molecule has 0 aliphatic rings. The van der Waals surface area contributed by atoms with Crippen LogP contribution in [0.4, 0.5) is 0 Å². The Morgan fingerprint density at radius 3 is 3.00 bits per heavy atom. The van der Waals surface area contributed by atoms with Crippen LogP contribution in [0.2, 0.25) is 0 Å². The normalized spacial score (nSPS) is 7.80. The quantitative estimate of drug-likeness (QED) is 0.384. The molecule has 0 spiro atoms. The van der Waals surface area contributed by atoms with Crippen LogP contribution in [0, 0.1) is 11.8 Å². The van der Waals surface area contributed by atoms with E-state index in [9.17, 15) is 4.79 Å². The van der Waals surface area contributed by atoms with Crippen molar-refractivity contribution in [2.45, 2.75) is 6.42 Å². The molecule has 0 unspecified atom stereocenters. The highest BCUT2D eigenvalue weighted by molar-refractivity contribution is 5.88. The van der Waals surface area contributed by atoms with Crippen LogP contribution >= 0.6 is 0 Å². The molecule has 0 amide bonds. The third-order valence-electron chi connectivity index (χ3n) is 0.655. The fourth-order valence-corrected chi connectivity index (χ4v) is 0.325. The van der Waals surface area contributed by atoms with E-state index in [0.29, 0.717) is 13.0 Å². The lowest BCUT2D eigenvalue weighted by molar-refractivity contribution is -0.142. The van der Waals surface area contributed by atoms with E-state index in [1.165, 1.54) is 7.05 Å². The summed E-state index contributed by atoms with van der Waals surface area (Å²) < 4.78 is 0. The van der Waals surface area contributed by atoms with Crippen LogP contribution < -0.4 is 11.2 Å². The van der Waals surface area contributed by atoms with Gasteiger partial charge in [-0.25, -0.2) is 4.79 Å². The summed E-state index contributed by atoms with van der Waals surface area (Å²) in [6.07, 6.45) is 0.513. The third kappa shape index (κ3) is 5.09. The first-order valence-corrected chi connectivity index (χ1v) is 2.87. The highest BCUT2D eigenvalue weighted by Crippen LogP contribution is 1.70. The predicted octanol–water partition coefficient (Wildman–Crippen LogP) is -0.984. The van der Waals surface area contributed by atoms with Crippen molar-refractivity contribution in [1.29, 1.82) is 0 Å². The summed E-state index contributed by atoms with van der Waals surface area (Å²) >= 11 is 0. The molecular formula is C6H10N2O2. The molecule has 4 heteroatoms. The van der Waals surface area contributed by atoms with Gasteiger partial charge in [-0.2, -0.15) is 5.48 Å². The Labute approximate surface area is 59.7 Å². The Bertz CT molecular complexity index is 157. The molecule has 0 saturated carbocycles. The molecule has 0 rings (SSSR count). The van der Waals surface area contributed by atoms with Crippen LogP contribution in [0.3, 0.4) is 0 Å². The van der Waals surface area contributed by atoms with Crippen molar-refractivity contribution in [3.8, 4) is 11.8 Å². The van der Waals surface area contributed by atoms with Gasteiger partial charge in [-0.1, -0.05) is 5.92 Å². The lowest BCUT2D eigenvalue weighted by Gasteiger charge is -1.90. The van der Waals surface area contributed by atoms with Gasteiger partial charge < -0.3 is 10.6 Å². The second kappa shape index (κ2) is 6.08. The maximum Gasteiger partial charge on any atom is 0.403 e. The Morgan fingerprint density at radius 2 is 2.50 bits per heavy atom. The summed E-state index contributed by atoms with van der Waals surface area (Å²) in [5.41, 5.74) is 7.33. The summed E-state index contributed by atoms with van der Waals surface area (Å²) in [5, 5.41) is 0. The van der Waals surface area contributed by atoms with Crippen LogP contribution in [0.1, 0.15) is 6.42 Å². The first-order valence-electron chi connectivity index (χ1n) is 2.87. The zero-order valence-corrected chi connectivity index (χ0v) is 5.81. The number of carbonyl (C=O) groups excluding carboxylic acids is 1. The van der Waals surface area contributed by atoms with E-state index in [0.717, 1.165) is 0 Å². The fourth-order valence-electron chi connectivity index (χ4n) is 0.325. The number of carbonyl (C=O) groups is 1. The van der Waals surface area contributed by atoms with Crippen molar-refractivity contribution in [1.82, 2.24) is 5.48 Å². The predicted molar refractivity (Wildman–Crippen MR) is 36.6 cm³/mol. The van der Waals surface area contributed by atoms with E-state index in [2.05, 4.69) is 22.2 Å². The van der Waals surface area contributed by atoms with Crippen LogP contribution in [0.25, 0.3) is 0 Å². The van der Waals surface area contributed by atoms with E-state index >= 15 is 0 Å². The van der Waals surface area contributed by atoms with Gasteiger partial charge in [-0.05, 0) is 0 Å². The molecule has 0 aliphatic carbocycles. The molecule has 0 radical (unpaired) electrons. The largest absolute Gasteiger partial charge is 0.403 e. The molecule has 56 valence electrons. The van der Waals surface area contributed by atoms with Gasteiger partial charge in [0.25, 0.3) is 0 Å². The zero-order chi connectivity index (χ0) is 7.82. The molecule has 0 heterocycles.